The molecular weight excluding hydrogens is 396 g/mol. The van der Waals surface area contributed by atoms with E-state index in [-0.39, 0.29) is 38.9 Å². The van der Waals surface area contributed by atoms with Crippen molar-refractivity contribution >= 4 is 33.0 Å². The lowest BCUT2D eigenvalue weighted by Crippen LogP contribution is -2.18. The van der Waals surface area contributed by atoms with Crippen LogP contribution >= 0.6 is 11.3 Å². The molecule has 1 aromatic carbocycles. The highest BCUT2D eigenvalue weighted by Crippen LogP contribution is 2.38. The number of thiazole rings is 1. The molecule has 9 heteroatoms. The predicted molar refractivity (Wildman–Crippen MR) is 110 cm³/mol. The minimum Gasteiger partial charge on any atom is -0.383 e. The van der Waals surface area contributed by atoms with Crippen molar-refractivity contribution in [1.82, 2.24) is 4.98 Å². The second-order valence-electron chi connectivity index (χ2n) is 7.31. The van der Waals surface area contributed by atoms with Gasteiger partial charge in [-0.25, -0.2) is 19.1 Å². The number of benzene rings is 1. The Bertz CT molecular complexity index is 1200. The second-order valence-corrected chi connectivity index (χ2v) is 10.4. The smallest absolute Gasteiger partial charge is 0.354 e. The van der Waals surface area contributed by atoms with E-state index >= 15 is 0 Å². The number of fused-ring (bicyclic) bond motifs is 2. The quantitative estimate of drug-likeness (QED) is 0.701. The van der Waals surface area contributed by atoms with Gasteiger partial charge in [0, 0.05) is 11.2 Å². The third kappa shape index (κ3) is 3.59. The molecular formula is C19H24N4O3S2. The van der Waals surface area contributed by atoms with E-state index in [1.807, 2.05) is 6.07 Å². The molecule has 0 fully saturated rings. The molecule has 28 heavy (non-hydrogen) atoms. The lowest BCUT2D eigenvalue weighted by atomic mass is 9.99. The molecule has 2 aliphatic carbocycles. The number of urea groups is 1. The van der Waals surface area contributed by atoms with Crippen molar-refractivity contribution in [3.05, 3.63) is 39.5 Å². The first-order valence-electron chi connectivity index (χ1n) is 10.9. The lowest BCUT2D eigenvalue weighted by molar-refractivity contribution is 0.0783. The van der Waals surface area contributed by atoms with Crippen LogP contribution in [0.5, 0.6) is 0 Å². The number of carbonyl (C=O) groups is 1. The first-order valence-corrected chi connectivity index (χ1v) is 11.3. The van der Waals surface area contributed by atoms with Gasteiger partial charge in [-0.15, -0.1) is 15.7 Å². The number of rotatable bonds is 3. The molecule has 1 atom stereocenters. The third-order valence-corrected chi connectivity index (χ3v) is 7.82. The number of nitrogens with zero attached hydrogens (tertiary/aromatic N) is 2. The van der Waals surface area contributed by atoms with Crippen LogP contribution in [0.25, 0.3) is 0 Å². The Morgan fingerprint density at radius 2 is 1.96 bits per heavy atom. The fourth-order valence-electron chi connectivity index (χ4n) is 3.34. The van der Waals surface area contributed by atoms with Crippen molar-refractivity contribution in [3.63, 3.8) is 0 Å². The molecule has 0 saturated carbocycles. The molecule has 0 bridgehead atoms. The Balaban J connectivity index is 1.76. The van der Waals surface area contributed by atoms with Gasteiger partial charge < -0.3 is 10.4 Å². The number of amides is 2. The summed E-state index contributed by atoms with van der Waals surface area (Å²) in [7, 11) is -3.68. The molecule has 0 spiro atoms. The third-order valence-electron chi connectivity index (χ3n) is 4.63. The van der Waals surface area contributed by atoms with Gasteiger partial charge in [0.15, 0.2) is 9.92 Å². The van der Waals surface area contributed by atoms with Crippen molar-refractivity contribution in [2.24, 2.45) is 9.50 Å². The zero-order valence-corrected chi connectivity index (χ0v) is 17.2. The minimum atomic E-state index is -3.68. The summed E-state index contributed by atoms with van der Waals surface area (Å²) < 4.78 is 50.1. The molecule has 2 aromatic rings. The van der Waals surface area contributed by atoms with E-state index in [9.17, 15) is 14.1 Å². The van der Waals surface area contributed by atoms with Crippen LogP contribution in [0, 0.1) is 0 Å². The zero-order chi connectivity index (χ0) is 23.7. The normalized spacial score (nSPS) is 23.4. The molecule has 1 heterocycles. The zero-order valence-electron chi connectivity index (χ0n) is 19.5. The lowest BCUT2D eigenvalue weighted by Gasteiger charge is -2.15. The summed E-state index contributed by atoms with van der Waals surface area (Å²) in [5.41, 5.74) is 0.739. The first kappa shape index (κ1) is 15.1. The molecule has 4 N–H and O–H groups in total. The Labute approximate surface area is 174 Å². The van der Waals surface area contributed by atoms with Crippen LogP contribution in [0.2, 0.25) is 0 Å². The van der Waals surface area contributed by atoms with Crippen molar-refractivity contribution in [2.45, 2.75) is 62.1 Å². The number of aromatic nitrogens is 1. The van der Waals surface area contributed by atoms with Crippen LogP contribution in [-0.2, 0) is 41.1 Å². The van der Waals surface area contributed by atoms with E-state index in [1.54, 1.807) is 0 Å². The van der Waals surface area contributed by atoms with Gasteiger partial charge in [-0.2, -0.15) is 0 Å². The summed E-state index contributed by atoms with van der Waals surface area (Å²) in [4.78, 5) is 16.8. The van der Waals surface area contributed by atoms with Crippen LogP contribution in [0.1, 0.15) is 59.4 Å². The molecule has 0 saturated heterocycles. The SMILES string of the molecule is [2H]C1([2H])CCc2cc3c(c(NC(=O)N=[S@](N)(=O)c4cnc(C(C)(C)O)s4)c21)C([2H])([2H])CC3. The molecule has 2 aliphatic rings. The van der Waals surface area contributed by atoms with Gasteiger partial charge in [0.25, 0.3) is 0 Å². The van der Waals surface area contributed by atoms with Gasteiger partial charge in [-0.3, -0.25) is 0 Å². The summed E-state index contributed by atoms with van der Waals surface area (Å²) in [5.74, 6) is 0. The minimum absolute atomic E-state index is 0.0129. The van der Waals surface area contributed by atoms with Crippen LogP contribution in [0.4, 0.5) is 10.5 Å². The van der Waals surface area contributed by atoms with Gasteiger partial charge >= 0.3 is 6.03 Å². The van der Waals surface area contributed by atoms with Crippen molar-refractivity contribution < 1.29 is 19.6 Å². The molecule has 4 rings (SSSR count). The molecule has 1 aromatic heterocycles. The van der Waals surface area contributed by atoms with Gasteiger partial charge in [0.2, 0.25) is 0 Å². The highest BCUT2D eigenvalue weighted by Gasteiger charge is 2.26. The average Bonchev–Trinajstić information content (AvgIpc) is 3.31. The summed E-state index contributed by atoms with van der Waals surface area (Å²) >= 11 is 0.879. The van der Waals surface area contributed by atoms with Crippen molar-refractivity contribution in [2.75, 3.05) is 5.32 Å². The van der Waals surface area contributed by atoms with Gasteiger partial charge in [-0.1, -0.05) is 6.07 Å². The summed E-state index contributed by atoms with van der Waals surface area (Å²) in [6.45, 7) is 3.02. The Morgan fingerprint density at radius 3 is 2.50 bits per heavy atom. The predicted octanol–water partition coefficient (Wildman–Crippen LogP) is 3.28. The van der Waals surface area contributed by atoms with E-state index in [0.717, 1.165) is 22.5 Å². The molecule has 2 amide bonds. The Hall–Kier alpha value is -1.81. The van der Waals surface area contributed by atoms with Gasteiger partial charge in [0.05, 0.1) is 6.20 Å². The maximum atomic E-state index is 12.9. The second kappa shape index (κ2) is 6.91. The van der Waals surface area contributed by atoms with E-state index in [2.05, 4.69) is 14.7 Å². The van der Waals surface area contributed by atoms with Gasteiger partial charge in [0.1, 0.15) is 14.8 Å². The topological polar surface area (TPSA) is 118 Å². The standard InChI is InChI=1S/C19H24N4O3S2/c1-19(2,25)17-21-10-15(27-17)28(20,26)23-18(24)22-16-13-7-3-5-11(13)9-12-6-4-8-14(12)16/h9-10,25H,3-8H2,1-2H3,(H3,20,22,23,24,26)/t28-/m0/s1/i7D2,8D2. The van der Waals surface area contributed by atoms with Crippen molar-refractivity contribution in [3.8, 4) is 0 Å². The number of hydrogen-bond donors (Lipinski definition) is 3. The number of nitrogens with two attached hydrogens (primary N) is 1. The Morgan fingerprint density at radius 1 is 1.36 bits per heavy atom. The molecule has 0 radical (unpaired) electrons. The summed E-state index contributed by atoms with van der Waals surface area (Å²) in [5, 5.41) is 18.6. The van der Waals surface area contributed by atoms with E-state index in [4.69, 9.17) is 10.6 Å². The molecule has 150 valence electrons. The van der Waals surface area contributed by atoms with E-state index < -0.39 is 34.3 Å². The maximum Gasteiger partial charge on any atom is 0.354 e. The number of hydrogen-bond acceptors (Lipinski definition) is 5. The monoisotopic (exact) mass is 424 g/mol. The fourth-order valence-corrected chi connectivity index (χ4v) is 5.41. The Kier molecular flexibility index (Phi) is 3.72. The van der Waals surface area contributed by atoms with Gasteiger partial charge in [-0.05, 0) is 74.5 Å². The summed E-state index contributed by atoms with van der Waals surface area (Å²) in [6.07, 6.45) is -0.874. The van der Waals surface area contributed by atoms with E-state index in [1.165, 1.54) is 20.0 Å². The van der Waals surface area contributed by atoms with Crippen molar-refractivity contribution in [1.29, 1.82) is 0 Å². The molecule has 0 unspecified atom stereocenters. The fraction of sp³-hybridized carbons (Fsp3) is 0.474. The van der Waals surface area contributed by atoms with Crippen LogP contribution in [-0.4, -0.2) is 20.3 Å². The first-order chi connectivity index (χ1) is 14.6. The number of anilines is 1. The molecule has 7 nitrogen and oxygen atoms in total. The van der Waals surface area contributed by atoms with Crippen LogP contribution in [0.15, 0.2) is 20.8 Å². The van der Waals surface area contributed by atoms with E-state index in [0.29, 0.717) is 12.8 Å². The number of nitrogens with one attached hydrogen (secondary N) is 1. The molecule has 0 aliphatic heterocycles. The van der Waals surface area contributed by atoms with Crippen LogP contribution < -0.4 is 10.5 Å². The van der Waals surface area contributed by atoms with Crippen LogP contribution in [0.3, 0.4) is 0 Å². The largest absolute Gasteiger partial charge is 0.383 e. The highest BCUT2D eigenvalue weighted by atomic mass is 32.2. The highest BCUT2D eigenvalue weighted by molar-refractivity contribution is 7.93. The maximum absolute atomic E-state index is 12.9. The summed E-state index contributed by atoms with van der Waals surface area (Å²) in [6, 6.07) is 0.769. The number of carbonyl (C=O) groups excluding carboxylic acids is 1. The average molecular weight is 425 g/mol. The number of aliphatic hydroxyl groups is 1. The number of aryl methyl sites for hydroxylation is 2.